The SMILES string of the molecule is C=C(CC(=O)OCC)C1=Nc2c(c(=O)n(C)c(=O)n2C)C1. The summed E-state index contributed by atoms with van der Waals surface area (Å²) in [5.74, 6) is -0.0499. The molecule has 0 spiro atoms. The van der Waals surface area contributed by atoms with Crippen LogP contribution >= 0.6 is 0 Å². The fourth-order valence-electron chi connectivity index (χ4n) is 2.23. The van der Waals surface area contributed by atoms with Gasteiger partial charge in [0, 0.05) is 20.5 Å². The van der Waals surface area contributed by atoms with Gasteiger partial charge in [0.1, 0.15) is 5.82 Å². The van der Waals surface area contributed by atoms with Crippen LogP contribution < -0.4 is 11.2 Å². The van der Waals surface area contributed by atoms with E-state index >= 15 is 0 Å². The van der Waals surface area contributed by atoms with Gasteiger partial charge in [-0.1, -0.05) is 6.58 Å². The summed E-state index contributed by atoms with van der Waals surface area (Å²) in [4.78, 5) is 39.7. The number of ether oxygens (including phenoxy) is 1. The van der Waals surface area contributed by atoms with Gasteiger partial charge >= 0.3 is 11.7 Å². The molecule has 0 aromatic carbocycles. The van der Waals surface area contributed by atoms with Gasteiger partial charge in [-0.3, -0.25) is 18.7 Å². The minimum Gasteiger partial charge on any atom is -0.466 e. The molecule has 7 nitrogen and oxygen atoms in total. The Bertz CT molecular complexity index is 768. The van der Waals surface area contributed by atoms with Gasteiger partial charge in [0.25, 0.3) is 5.56 Å². The molecule has 0 saturated heterocycles. The lowest BCUT2D eigenvalue weighted by Gasteiger charge is -2.05. The normalized spacial score (nSPS) is 12.8. The van der Waals surface area contributed by atoms with Gasteiger partial charge in [-0.15, -0.1) is 0 Å². The summed E-state index contributed by atoms with van der Waals surface area (Å²) in [6.07, 6.45) is 0.295. The van der Waals surface area contributed by atoms with E-state index in [0.29, 0.717) is 29.3 Å². The van der Waals surface area contributed by atoms with Crippen molar-refractivity contribution in [2.45, 2.75) is 19.8 Å². The van der Waals surface area contributed by atoms with E-state index in [0.717, 1.165) is 4.57 Å². The summed E-state index contributed by atoms with van der Waals surface area (Å²) in [6, 6.07) is 0. The lowest BCUT2D eigenvalue weighted by Crippen LogP contribution is -2.38. The Labute approximate surface area is 121 Å². The predicted molar refractivity (Wildman–Crippen MR) is 78.1 cm³/mol. The van der Waals surface area contributed by atoms with Crippen molar-refractivity contribution in [1.82, 2.24) is 9.13 Å². The topological polar surface area (TPSA) is 82.7 Å². The molecule has 1 aliphatic rings. The molecule has 0 bridgehead atoms. The number of aliphatic imine (C=N–C) groups is 1. The molecule has 2 rings (SSSR count). The van der Waals surface area contributed by atoms with Crippen LogP contribution in [0.2, 0.25) is 0 Å². The lowest BCUT2D eigenvalue weighted by atomic mass is 10.0. The highest BCUT2D eigenvalue weighted by molar-refractivity contribution is 6.07. The van der Waals surface area contributed by atoms with Gasteiger partial charge in [-0.2, -0.15) is 0 Å². The first-order valence-electron chi connectivity index (χ1n) is 6.57. The van der Waals surface area contributed by atoms with E-state index in [2.05, 4.69) is 11.6 Å². The second-order valence-electron chi connectivity index (χ2n) is 4.83. The smallest absolute Gasteiger partial charge is 0.332 e. The van der Waals surface area contributed by atoms with Crippen LogP contribution in [-0.2, 0) is 30.0 Å². The van der Waals surface area contributed by atoms with Crippen LogP contribution in [0, 0.1) is 0 Å². The van der Waals surface area contributed by atoms with Crippen molar-refractivity contribution in [1.29, 1.82) is 0 Å². The summed E-state index contributed by atoms with van der Waals surface area (Å²) < 4.78 is 7.23. The molecule has 0 amide bonds. The zero-order valence-electron chi connectivity index (χ0n) is 12.3. The fraction of sp³-hybridized carbons (Fsp3) is 0.429. The third-order valence-electron chi connectivity index (χ3n) is 3.38. The molecule has 0 N–H and O–H groups in total. The summed E-state index contributed by atoms with van der Waals surface area (Å²) in [7, 11) is 2.98. The number of aromatic nitrogens is 2. The number of fused-ring (bicyclic) bond motifs is 1. The van der Waals surface area contributed by atoms with E-state index in [1.54, 1.807) is 14.0 Å². The van der Waals surface area contributed by atoms with Crippen LogP contribution in [0.3, 0.4) is 0 Å². The van der Waals surface area contributed by atoms with E-state index in [1.165, 1.54) is 11.6 Å². The summed E-state index contributed by atoms with van der Waals surface area (Å²) in [5, 5.41) is 0. The number of rotatable bonds is 4. The highest BCUT2D eigenvalue weighted by Gasteiger charge is 2.25. The summed E-state index contributed by atoms with van der Waals surface area (Å²) in [6.45, 7) is 5.84. The Hall–Kier alpha value is -2.44. The van der Waals surface area contributed by atoms with Crippen molar-refractivity contribution in [2.75, 3.05) is 6.61 Å². The standard InChI is InChI=1S/C14H17N3O4/c1-5-21-11(18)6-8(2)10-7-9-12(15-10)16(3)14(20)17(4)13(9)19/h2,5-7H2,1,3-4H3. The van der Waals surface area contributed by atoms with Crippen LogP contribution in [0.5, 0.6) is 0 Å². The van der Waals surface area contributed by atoms with Gasteiger partial charge in [0.15, 0.2) is 0 Å². The van der Waals surface area contributed by atoms with E-state index in [9.17, 15) is 14.4 Å². The van der Waals surface area contributed by atoms with Crippen LogP contribution in [0.25, 0.3) is 0 Å². The molecule has 0 radical (unpaired) electrons. The summed E-state index contributed by atoms with van der Waals surface area (Å²) in [5.41, 5.74) is 0.686. The maximum atomic E-state index is 12.1. The third-order valence-corrected chi connectivity index (χ3v) is 3.38. The molecule has 112 valence electrons. The molecule has 2 heterocycles. The second kappa shape index (κ2) is 5.51. The molecule has 7 heteroatoms. The average molecular weight is 291 g/mol. The Kier molecular flexibility index (Phi) is 3.93. The minimum atomic E-state index is -0.431. The van der Waals surface area contributed by atoms with Gasteiger partial charge in [0.2, 0.25) is 0 Å². The van der Waals surface area contributed by atoms with E-state index in [-0.39, 0.29) is 24.4 Å². The molecule has 21 heavy (non-hydrogen) atoms. The average Bonchev–Trinajstić information content (AvgIpc) is 2.88. The number of carbonyl (C=O) groups excluding carboxylic acids is 1. The molecular weight excluding hydrogens is 274 g/mol. The fourth-order valence-corrected chi connectivity index (χ4v) is 2.23. The van der Waals surface area contributed by atoms with Gasteiger partial charge < -0.3 is 4.74 Å². The van der Waals surface area contributed by atoms with Crippen molar-refractivity contribution in [3.63, 3.8) is 0 Å². The zero-order chi connectivity index (χ0) is 15.7. The van der Waals surface area contributed by atoms with E-state index < -0.39 is 5.69 Å². The molecule has 0 saturated carbocycles. The Morgan fingerprint density at radius 1 is 1.33 bits per heavy atom. The summed E-state index contributed by atoms with van der Waals surface area (Å²) >= 11 is 0. The zero-order valence-corrected chi connectivity index (χ0v) is 12.3. The minimum absolute atomic E-state index is 0.0227. The first-order valence-corrected chi connectivity index (χ1v) is 6.57. The van der Waals surface area contributed by atoms with Crippen LogP contribution in [0.15, 0.2) is 26.7 Å². The number of carbonyl (C=O) groups is 1. The Balaban J connectivity index is 2.33. The van der Waals surface area contributed by atoms with Crippen molar-refractivity contribution in [3.05, 3.63) is 38.6 Å². The quantitative estimate of drug-likeness (QED) is 0.743. The molecule has 0 fully saturated rings. The highest BCUT2D eigenvalue weighted by atomic mass is 16.5. The van der Waals surface area contributed by atoms with Crippen LogP contribution in [0.4, 0.5) is 5.82 Å². The predicted octanol–water partition coefficient (Wildman–Crippen LogP) is 0.222. The molecule has 1 aromatic rings. The van der Waals surface area contributed by atoms with E-state index in [4.69, 9.17) is 4.74 Å². The maximum absolute atomic E-state index is 12.1. The van der Waals surface area contributed by atoms with Crippen LogP contribution in [-0.4, -0.2) is 27.4 Å². The maximum Gasteiger partial charge on any atom is 0.332 e. The Morgan fingerprint density at radius 2 is 2.00 bits per heavy atom. The first-order chi connectivity index (χ1) is 9.86. The van der Waals surface area contributed by atoms with E-state index in [1.807, 2.05) is 0 Å². The number of hydrogen-bond acceptors (Lipinski definition) is 5. The van der Waals surface area contributed by atoms with Crippen LogP contribution in [0.1, 0.15) is 18.9 Å². The molecule has 0 unspecified atom stereocenters. The van der Waals surface area contributed by atoms with Crippen molar-refractivity contribution >= 4 is 17.5 Å². The monoisotopic (exact) mass is 291 g/mol. The molecule has 0 aliphatic carbocycles. The Morgan fingerprint density at radius 3 is 2.62 bits per heavy atom. The number of nitrogens with zero attached hydrogens (tertiary/aromatic N) is 3. The molecule has 1 aromatic heterocycles. The van der Waals surface area contributed by atoms with Gasteiger partial charge in [0.05, 0.1) is 24.3 Å². The third kappa shape index (κ3) is 2.58. The second-order valence-corrected chi connectivity index (χ2v) is 4.83. The number of esters is 1. The van der Waals surface area contributed by atoms with Crippen molar-refractivity contribution in [2.24, 2.45) is 19.1 Å². The molecule has 0 atom stereocenters. The van der Waals surface area contributed by atoms with Crippen molar-refractivity contribution < 1.29 is 9.53 Å². The first kappa shape index (κ1) is 15.0. The largest absolute Gasteiger partial charge is 0.466 e. The van der Waals surface area contributed by atoms with Crippen molar-refractivity contribution in [3.8, 4) is 0 Å². The molecular formula is C14H17N3O4. The van der Waals surface area contributed by atoms with Gasteiger partial charge in [-0.25, -0.2) is 9.79 Å². The molecule has 1 aliphatic heterocycles. The number of hydrogen-bond donors (Lipinski definition) is 0. The highest BCUT2D eigenvalue weighted by Crippen LogP contribution is 2.24. The van der Waals surface area contributed by atoms with Gasteiger partial charge in [-0.05, 0) is 12.5 Å². The lowest BCUT2D eigenvalue weighted by molar-refractivity contribution is -0.142.